The Labute approximate surface area is 705 Å². The molecule has 0 N–H and O–H groups in total. The Hall–Kier alpha value is -13.0. The summed E-state index contributed by atoms with van der Waals surface area (Å²) in [6, 6.07) is 89.2. The molecular formula is C107H95N7OS2+4. The van der Waals surface area contributed by atoms with E-state index in [-0.39, 0.29) is 5.56 Å². The Morgan fingerprint density at radius 2 is 0.684 bits per heavy atom. The molecule has 0 saturated carbocycles. The van der Waals surface area contributed by atoms with E-state index in [9.17, 15) is 0 Å². The number of rotatable bonds is 8. The molecule has 0 spiro atoms. The molecule has 117 heavy (non-hydrogen) atoms. The number of aryl methyl sites for hydroxylation is 16. The van der Waals surface area contributed by atoms with Gasteiger partial charge in [-0.15, -0.1) is 22.7 Å². The number of benzene rings is 10. The van der Waals surface area contributed by atoms with Crippen LogP contribution in [0.3, 0.4) is 0 Å². The molecule has 10 heteroatoms. The number of fused-ring (bicyclic) bond motifs is 13. The number of pyridine rings is 7. The van der Waals surface area contributed by atoms with E-state index in [1.165, 1.54) is 59.9 Å². The molecule has 0 atom stereocenters. The fraction of sp³-hybridized carbons (Fsp3) is 0.150. The Bertz CT molecular complexity index is 7730. The van der Waals surface area contributed by atoms with Crippen LogP contribution in [-0.4, -0.2) is 15.0 Å². The molecule has 20 aromatic rings. The summed E-state index contributed by atoms with van der Waals surface area (Å²) in [5, 5.41) is 11.3. The van der Waals surface area contributed by atoms with E-state index in [4.69, 9.17) is 31.7 Å². The van der Waals surface area contributed by atoms with Gasteiger partial charge in [0.1, 0.15) is 49.2 Å². The van der Waals surface area contributed by atoms with Crippen molar-refractivity contribution in [1.82, 2.24) is 15.0 Å². The van der Waals surface area contributed by atoms with E-state index in [2.05, 4.69) is 212 Å². The van der Waals surface area contributed by atoms with Crippen LogP contribution in [0.15, 0.2) is 290 Å². The van der Waals surface area contributed by atoms with Crippen LogP contribution in [0.5, 0.6) is 0 Å². The van der Waals surface area contributed by atoms with Gasteiger partial charge in [0.2, 0.25) is 22.8 Å². The fourth-order valence-corrected chi connectivity index (χ4v) is 18.9. The SMILES string of the molecule is Cc1ccc2c(n1)sc1c(-c3c[n+](C)c(-c4ccccc4C)cc3C)cccc12.[2H]C([2H])([2H])c1c[n+](C)c(-c2ccccc2C)cc1-c1cc2ccc(C)cc2o1.[2H]C([2H])([2H])c1c[n+](C)c(-c2ccccc2C)cc1-c1ccc2c3ccc(C)cc3c3ccccc3c2n1.[2H]C([2H])([2H])c1c[n+](C)c(-c2ccccc2C)cc1-c1cccc2c1sc1nc(C)ccc12. The van der Waals surface area contributed by atoms with Crippen LogP contribution in [0.4, 0.5) is 0 Å². The molecule has 10 aromatic carbocycles. The summed E-state index contributed by atoms with van der Waals surface area (Å²) in [5.74, 6) is 0.571. The molecule has 0 aliphatic rings. The van der Waals surface area contributed by atoms with Crippen molar-refractivity contribution in [3.8, 4) is 89.9 Å². The van der Waals surface area contributed by atoms with Gasteiger partial charge in [-0.1, -0.05) is 169 Å². The molecule has 0 bridgehead atoms. The predicted octanol–water partition coefficient (Wildman–Crippen LogP) is 26.2. The van der Waals surface area contributed by atoms with Crippen LogP contribution in [0.25, 0.3) is 174 Å². The Balaban J connectivity index is 0.000000119. The summed E-state index contributed by atoms with van der Waals surface area (Å²) in [5.41, 5.74) is 27.7. The smallest absolute Gasteiger partial charge is 0.213 e. The predicted molar refractivity (Wildman–Crippen MR) is 492 cm³/mol. The Kier molecular flexibility index (Phi) is 17.9. The summed E-state index contributed by atoms with van der Waals surface area (Å²) < 4.78 is 90.0. The molecule has 0 fully saturated rings. The minimum absolute atomic E-state index is 0.281. The fourth-order valence-electron chi connectivity index (χ4n) is 16.4. The second-order valence-electron chi connectivity index (χ2n) is 30.9. The van der Waals surface area contributed by atoms with Gasteiger partial charge in [-0.05, 0) is 211 Å². The third-order valence-corrected chi connectivity index (χ3v) is 24.9. The van der Waals surface area contributed by atoms with Crippen molar-refractivity contribution in [2.75, 3.05) is 0 Å². The van der Waals surface area contributed by atoms with Gasteiger partial charge >= 0.3 is 0 Å². The lowest BCUT2D eigenvalue weighted by Gasteiger charge is -2.13. The first-order valence-electron chi connectivity index (χ1n) is 43.9. The van der Waals surface area contributed by atoms with Gasteiger partial charge in [-0.3, -0.25) is 0 Å². The van der Waals surface area contributed by atoms with Crippen molar-refractivity contribution in [1.29, 1.82) is 0 Å². The van der Waals surface area contributed by atoms with E-state index in [0.29, 0.717) is 33.7 Å². The van der Waals surface area contributed by atoms with Gasteiger partial charge in [0.05, 0.1) is 16.8 Å². The van der Waals surface area contributed by atoms with Crippen LogP contribution >= 0.6 is 22.7 Å². The average molecular weight is 1570 g/mol. The van der Waals surface area contributed by atoms with E-state index in [1.54, 1.807) is 41.3 Å². The van der Waals surface area contributed by atoms with Crippen LogP contribution in [0.2, 0.25) is 0 Å². The lowest BCUT2D eigenvalue weighted by atomic mass is 9.95. The number of hydrogen-bond acceptors (Lipinski definition) is 6. The largest absolute Gasteiger partial charge is 0.456 e. The first-order valence-corrected chi connectivity index (χ1v) is 41.0. The monoisotopic (exact) mass is 1570 g/mol. The van der Waals surface area contributed by atoms with Crippen LogP contribution in [-0.2, 0) is 28.2 Å². The molecule has 0 saturated heterocycles. The highest BCUT2D eigenvalue weighted by molar-refractivity contribution is 7.26. The van der Waals surface area contributed by atoms with Crippen LogP contribution in [0.1, 0.15) is 79.4 Å². The highest BCUT2D eigenvalue weighted by atomic mass is 32.1. The Morgan fingerprint density at radius 3 is 1.22 bits per heavy atom. The van der Waals surface area contributed by atoms with Crippen molar-refractivity contribution >= 4 is 107 Å². The number of aromatic nitrogens is 7. The topological polar surface area (TPSA) is 67.3 Å². The van der Waals surface area contributed by atoms with Crippen LogP contribution < -0.4 is 18.3 Å². The zero-order valence-electron chi connectivity index (χ0n) is 77.0. The second kappa shape index (κ2) is 31.7. The second-order valence-corrected chi connectivity index (χ2v) is 32.9. The summed E-state index contributed by atoms with van der Waals surface area (Å²) in [7, 11) is 7.83. The molecule has 0 amide bonds. The summed E-state index contributed by atoms with van der Waals surface area (Å²) in [6.45, 7) is 12.0. The molecule has 572 valence electrons. The summed E-state index contributed by atoms with van der Waals surface area (Å²) >= 11 is 3.42. The molecule has 0 aliphatic heterocycles. The number of furan rings is 1. The number of hydrogen-bond donors (Lipinski definition) is 0. The molecule has 10 aromatic heterocycles. The highest BCUT2D eigenvalue weighted by Crippen LogP contribution is 2.44. The third kappa shape index (κ3) is 14.7. The maximum Gasteiger partial charge on any atom is 0.213 e. The van der Waals surface area contributed by atoms with Gasteiger partial charge < -0.3 is 4.42 Å². The zero-order chi connectivity index (χ0) is 88.7. The quantitative estimate of drug-likeness (QED) is 0.112. The molecule has 20 rings (SSSR count). The first-order chi connectivity index (χ1) is 60.2. The van der Waals surface area contributed by atoms with Crippen molar-refractivity contribution in [3.63, 3.8) is 0 Å². The zero-order valence-corrected chi connectivity index (χ0v) is 69.6. The minimum Gasteiger partial charge on any atom is -0.456 e. The molecular weight excluding hydrogens is 1460 g/mol. The van der Waals surface area contributed by atoms with Gasteiger partial charge in [-0.25, -0.2) is 33.2 Å². The van der Waals surface area contributed by atoms with Gasteiger partial charge in [0.25, 0.3) is 0 Å². The van der Waals surface area contributed by atoms with E-state index in [0.717, 1.165) is 142 Å². The first kappa shape index (κ1) is 66.3. The molecule has 10 heterocycles. The van der Waals surface area contributed by atoms with Crippen LogP contribution in [0, 0.1) is 82.9 Å². The third-order valence-electron chi connectivity index (χ3n) is 22.6. The standard InChI is InChI=1S/C32H27N2.2C26H23N2S.C23H22NO/c1-20-13-14-25-27-15-16-30(33-32(27)26-12-8-7-11-24(26)29(25)17-20)28-18-31(34(4)19-22(28)3)23-10-6-5-9-21(23)2;1-16-8-5-6-9-19(16)24-14-23(17(2)15-28(24)4)21-11-7-10-20-22-13-12-18(3)27-26(22)29-25(20)21;1-16-8-5-6-9-19(16)24-14-17(2)23(15-28(24)4)21-11-7-10-20-22-13-12-18(3)27-26(22)29-25(20)21;1-15-9-10-18-12-23(25-22(18)11-15)20-13-21(24(4)14-17(20)3)19-8-6-5-7-16(19)2/h5-19H,1-4H3;2*5-15H,1-4H3;5-14H,1-4H3/q4*+1/i3D3;2D3;;3D3. The van der Waals surface area contributed by atoms with E-state index >= 15 is 0 Å². The van der Waals surface area contributed by atoms with Crippen molar-refractivity contribution < 1.29 is 35.0 Å². The number of nitrogens with zero attached hydrogens (tertiary/aromatic N) is 7. The number of thiophene rings is 2. The maximum atomic E-state index is 8.29. The van der Waals surface area contributed by atoms with Gasteiger partial charge in [-0.2, -0.15) is 0 Å². The lowest BCUT2D eigenvalue weighted by molar-refractivity contribution is -0.660. The summed E-state index contributed by atoms with van der Waals surface area (Å²) in [4.78, 5) is 16.7. The lowest BCUT2D eigenvalue weighted by Crippen LogP contribution is -2.31. The van der Waals surface area contributed by atoms with Crippen molar-refractivity contribution in [3.05, 3.63) is 353 Å². The van der Waals surface area contributed by atoms with Crippen molar-refractivity contribution in [2.24, 2.45) is 28.2 Å². The van der Waals surface area contributed by atoms with Gasteiger partial charge in [0.15, 0.2) is 24.8 Å². The Morgan fingerprint density at radius 1 is 0.282 bits per heavy atom. The van der Waals surface area contributed by atoms with E-state index in [1.807, 2.05) is 164 Å². The molecule has 8 nitrogen and oxygen atoms in total. The minimum atomic E-state index is -2.28. The maximum absolute atomic E-state index is 8.29. The summed E-state index contributed by atoms with van der Waals surface area (Å²) in [6.07, 6.45) is 7.47. The molecule has 0 radical (unpaired) electrons. The van der Waals surface area contributed by atoms with Gasteiger partial charge in [0, 0.05) is 156 Å². The van der Waals surface area contributed by atoms with E-state index < -0.39 is 20.6 Å². The van der Waals surface area contributed by atoms with Crippen molar-refractivity contribution in [2.45, 2.75) is 82.9 Å². The normalized spacial score (nSPS) is 12.9. The molecule has 0 aliphatic carbocycles. The highest BCUT2D eigenvalue weighted by Gasteiger charge is 2.25. The molecule has 0 unspecified atom stereocenters. The average Bonchev–Trinajstić information content (AvgIpc) is 0.823.